The van der Waals surface area contributed by atoms with Gasteiger partial charge in [0, 0.05) is 13.1 Å². The predicted octanol–water partition coefficient (Wildman–Crippen LogP) is 0.924. The second kappa shape index (κ2) is 6.31. The molecule has 0 saturated carbocycles. The van der Waals surface area contributed by atoms with Crippen molar-refractivity contribution in [2.24, 2.45) is 0 Å². The van der Waals surface area contributed by atoms with Gasteiger partial charge in [0.05, 0.1) is 12.1 Å². The van der Waals surface area contributed by atoms with Crippen LogP contribution in [0.15, 0.2) is 24.3 Å². The van der Waals surface area contributed by atoms with Crippen molar-refractivity contribution >= 4 is 5.91 Å². The number of ether oxygens (including phenoxy) is 1. The Kier molecular flexibility index (Phi) is 4.69. The predicted molar refractivity (Wildman–Crippen MR) is 67.4 cm³/mol. The summed E-state index contributed by atoms with van der Waals surface area (Å²) >= 11 is 0. The summed E-state index contributed by atoms with van der Waals surface area (Å²) < 4.78 is 39.7. The van der Waals surface area contributed by atoms with Gasteiger partial charge in [0.2, 0.25) is 5.91 Å². The molecule has 1 aromatic rings. The van der Waals surface area contributed by atoms with Crippen molar-refractivity contribution in [3.63, 3.8) is 0 Å². The van der Waals surface area contributed by atoms with Gasteiger partial charge in [0.1, 0.15) is 5.75 Å². The van der Waals surface area contributed by atoms with Gasteiger partial charge in [-0.3, -0.25) is 4.79 Å². The molecule has 1 aromatic carbocycles. The normalized spacial score (nSPS) is 22.1. The molecule has 5 nitrogen and oxygen atoms in total. The lowest BCUT2D eigenvalue weighted by molar-refractivity contribution is -0.274. The maximum Gasteiger partial charge on any atom is 0.573 e. The molecule has 1 amide bonds. The Morgan fingerprint density at radius 1 is 1.38 bits per heavy atom. The van der Waals surface area contributed by atoms with Crippen LogP contribution in [0.25, 0.3) is 0 Å². The van der Waals surface area contributed by atoms with Gasteiger partial charge in [-0.05, 0) is 24.1 Å². The highest BCUT2D eigenvalue weighted by atomic mass is 19.4. The van der Waals surface area contributed by atoms with Crippen LogP contribution >= 0.6 is 0 Å². The minimum atomic E-state index is -4.72. The topological polar surface area (TPSA) is 70.6 Å². The molecular formula is C13H15F3N2O3. The number of rotatable bonds is 4. The number of halogens is 3. The smallest absolute Gasteiger partial charge is 0.406 e. The molecule has 8 heteroatoms. The largest absolute Gasteiger partial charge is 0.573 e. The Morgan fingerprint density at radius 2 is 2.05 bits per heavy atom. The first kappa shape index (κ1) is 15.6. The van der Waals surface area contributed by atoms with E-state index in [0.29, 0.717) is 18.5 Å². The number of carbonyl (C=O) groups is 1. The van der Waals surface area contributed by atoms with Gasteiger partial charge in [-0.1, -0.05) is 12.1 Å². The summed E-state index contributed by atoms with van der Waals surface area (Å²) in [6, 6.07) is 4.82. The van der Waals surface area contributed by atoms with Gasteiger partial charge in [0.25, 0.3) is 0 Å². The molecule has 116 valence electrons. The van der Waals surface area contributed by atoms with E-state index in [0.717, 1.165) is 0 Å². The molecule has 0 aromatic heterocycles. The van der Waals surface area contributed by atoms with Crippen molar-refractivity contribution in [2.45, 2.75) is 31.5 Å². The summed E-state index contributed by atoms with van der Waals surface area (Å²) in [5, 5.41) is 14.8. The fourth-order valence-electron chi connectivity index (χ4n) is 2.04. The zero-order valence-corrected chi connectivity index (χ0v) is 11.0. The Labute approximate surface area is 119 Å². The molecule has 1 heterocycles. The van der Waals surface area contributed by atoms with Crippen LogP contribution in [-0.2, 0) is 11.3 Å². The third kappa shape index (κ3) is 4.91. The Morgan fingerprint density at radius 3 is 2.57 bits per heavy atom. The summed E-state index contributed by atoms with van der Waals surface area (Å²) in [5.41, 5.74) is 0.649. The van der Waals surface area contributed by atoms with Gasteiger partial charge >= 0.3 is 6.36 Å². The maximum atomic E-state index is 12.0. The van der Waals surface area contributed by atoms with Crippen LogP contribution in [0, 0.1) is 0 Å². The summed E-state index contributed by atoms with van der Waals surface area (Å²) in [6.45, 7) is 0.570. The number of benzene rings is 1. The van der Waals surface area contributed by atoms with E-state index >= 15 is 0 Å². The van der Waals surface area contributed by atoms with Gasteiger partial charge in [-0.2, -0.15) is 0 Å². The third-order valence-electron chi connectivity index (χ3n) is 3.05. The van der Waals surface area contributed by atoms with Crippen LogP contribution < -0.4 is 15.4 Å². The molecule has 1 saturated heterocycles. The Bertz CT molecular complexity index is 490. The first-order valence-electron chi connectivity index (χ1n) is 6.37. The number of amides is 1. The molecule has 0 unspecified atom stereocenters. The van der Waals surface area contributed by atoms with Crippen LogP contribution in [0.2, 0.25) is 0 Å². The summed E-state index contributed by atoms with van der Waals surface area (Å²) in [4.78, 5) is 11.8. The van der Waals surface area contributed by atoms with E-state index in [4.69, 9.17) is 0 Å². The zero-order chi connectivity index (χ0) is 15.5. The highest BCUT2D eigenvalue weighted by molar-refractivity contribution is 5.82. The van der Waals surface area contributed by atoms with Crippen molar-refractivity contribution in [3.8, 4) is 5.75 Å². The second-order valence-corrected chi connectivity index (χ2v) is 4.76. The lowest BCUT2D eigenvalue weighted by Crippen LogP contribution is -2.39. The van der Waals surface area contributed by atoms with Gasteiger partial charge in [-0.15, -0.1) is 13.2 Å². The van der Waals surface area contributed by atoms with Crippen LogP contribution in [0.4, 0.5) is 13.2 Å². The highest BCUT2D eigenvalue weighted by Crippen LogP contribution is 2.22. The van der Waals surface area contributed by atoms with E-state index in [1.807, 2.05) is 0 Å². The number of nitrogens with one attached hydrogen (secondary N) is 2. The average Bonchev–Trinajstić information content (AvgIpc) is 2.82. The Hall–Kier alpha value is -1.80. The fraction of sp³-hybridized carbons (Fsp3) is 0.462. The SMILES string of the molecule is O=C(NCc1ccc(OC(F)(F)F)cc1)[C@H]1C[C@@H](O)CN1. The fourth-order valence-corrected chi connectivity index (χ4v) is 2.04. The van der Waals surface area contributed by atoms with E-state index in [1.165, 1.54) is 24.3 Å². The second-order valence-electron chi connectivity index (χ2n) is 4.76. The monoisotopic (exact) mass is 304 g/mol. The van der Waals surface area contributed by atoms with E-state index in [1.54, 1.807) is 0 Å². The van der Waals surface area contributed by atoms with Crippen molar-refractivity contribution in [1.82, 2.24) is 10.6 Å². The maximum absolute atomic E-state index is 12.0. The Balaban J connectivity index is 1.82. The summed E-state index contributed by atoms with van der Waals surface area (Å²) in [7, 11) is 0. The average molecular weight is 304 g/mol. The molecule has 3 N–H and O–H groups in total. The molecule has 0 spiro atoms. The van der Waals surface area contributed by atoms with Crippen LogP contribution in [0.5, 0.6) is 5.75 Å². The molecule has 1 fully saturated rings. The van der Waals surface area contributed by atoms with E-state index < -0.39 is 18.5 Å². The molecular weight excluding hydrogens is 289 g/mol. The summed E-state index contributed by atoms with van der Waals surface area (Å²) in [5.74, 6) is -0.555. The number of alkyl halides is 3. The summed E-state index contributed by atoms with van der Waals surface area (Å²) in [6.07, 6.45) is -4.89. The first-order chi connectivity index (χ1) is 9.83. The molecule has 0 aliphatic carbocycles. The lowest BCUT2D eigenvalue weighted by atomic mass is 10.1. The standard InChI is InChI=1S/C13H15F3N2O3/c14-13(15,16)21-10-3-1-8(2-4-10)6-18-12(20)11-5-9(19)7-17-11/h1-4,9,11,17,19H,5-7H2,(H,18,20)/t9-,11-/m1/s1. The number of hydrogen-bond donors (Lipinski definition) is 3. The van der Waals surface area contributed by atoms with Crippen molar-refractivity contribution in [1.29, 1.82) is 0 Å². The molecule has 2 rings (SSSR count). The van der Waals surface area contributed by atoms with Gasteiger partial charge < -0.3 is 20.5 Å². The van der Waals surface area contributed by atoms with Crippen molar-refractivity contribution in [3.05, 3.63) is 29.8 Å². The van der Waals surface area contributed by atoms with Gasteiger partial charge in [-0.25, -0.2) is 0 Å². The van der Waals surface area contributed by atoms with E-state index in [2.05, 4.69) is 15.4 Å². The quantitative estimate of drug-likeness (QED) is 0.774. The molecule has 0 radical (unpaired) electrons. The van der Waals surface area contributed by atoms with Crippen molar-refractivity contribution in [2.75, 3.05) is 6.54 Å². The van der Waals surface area contributed by atoms with E-state index in [9.17, 15) is 23.1 Å². The van der Waals surface area contributed by atoms with Gasteiger partial charge in [0.15, 0.2) is 0 Å². The van der Waals surface area contributed by atoms with E-state index in [-0.39, 0.29) is 18.2 Å². The van der Waals surface area contributed by atoms with Crippen LogP contribution in [0.1, 0.15) is 12.0 Å². The number of aliphatic hydroxyl groups is 1. The third-order valence-corrected chi connectivity index (χ3v) is 3.05. The number of hydrogen-bond acceptors (Lipinski definition) is 4. The first-order valence-corrected chi connectivity index (χ1v) is 6.37. The highest BCUT2D eigenvalue weighted by Gasteiger charge is 2.31. The molecule has 2 atom stereocenters. The zero-order valence-electron chi connectivity index (χ0n) is 11.0. The number of aliphatic hydroxyl groups excluding tert-OH is 1. The molecule has 1 aliphatic heterocycles. The number of carbonyl (C=O) groups excluding carboxylic acids is 1. The van der Waals surface area contributed by atoms with Crippen LogP contribution in [-0.4, -0.2) is 36.1 Å². The van der Waals surface area contributed by atoms with Crippen molar-refractivity contribution < 1.29 is 27.8 Å². The number of β-amino-alcohol motifs (C(OH)–C–C–N with tert-alkyl or cyclic N) is 1. The molecule has 1 aliphatic rings. The molecule has 0 bridgehead atoms. The minimum Gasteiger partial charge on any atom is -0.406 e. The minimum absolute atomic E-state index is 0.194. The molecule has 21 heavy (non-hydrogen) atoms. The lowest BCUT2D eigenvalue weighted by Gasteiger charge is -2.12. The van der Waals surface area contributed by atoms with Crippen LogP contribution in [0.3, 0.4) is 0 Å².